The van der Waals surface area contributed by atoms with E-state index in [0.717, 1.165) is 16.9 Å². The van der Waals surface area contributed by atoms with Crippen LogP contribution in [0.4, 0.5) is 0 Å². The molecule has 0 aliphatic carbocycles. The summed E-state index contributed by atoms with van der Waals surface area (Å²) in [4.78, 5) is 70.6. The van der Waals surface area contributed by atoms with Gasteiger partial charge in [-0.05, 0) is 67.5 Å². The van der Waals surface area contributed by atoms with Crippen LogP contribution in [0.3, 0.4) is 0 Å². The maximum Gasteiger partial charge on any atom is 0.255 e. The number of likely N-dealkylation sites (N-methyl/N-ethyl adjacent to an activating group) is 1. The number of hydrogen-bond donors (Lipinski definition) is 3. The predicted octanol–water partition coefficient (Wildman–Crippen LogP) is 2.50. The number of carbonyl (C=O) groups is 5. The molecule has 3 N–H and O–H groups in total. The van der Waals surface area contributed by atoms with Gasteiger partial charge in [0.15, 0.2) is 0 Å². The molecular formula is C38H45N5O7. The van der Waals surface area contributed by atoms with Gasteiger partial charge >= 0.3 is 0 Å². The number of amides is 5. The number of aryl methyl sites for hydroxylation is 1. The minimum absolute atomic E-state index is 0.0364. The molecule has 0 radical (unpaired) electrons. The second-order valence-corrected chi connectivity index (χ2v) is 12.7. The summed E-state index contributed by atoms with van der Waals surface area (Å²) >= 11 is 0. The number of para-hydroxylation sites is 1. The molecule has 3 aromatic carbocycles. The third-order valence-electron chi connectivity index (χ3n) is 8.95. The first-order chi connectivity index (χ1) is 24.2. The fraction of sp³-hybridized carbons (Fsp3) is 0.395. The average Bonchev–Trinajstić information content (AvgIpc) is 3.62. The van der Waals surface area contributed by atoms with Gasteiger partial charge in [-0.2, -0.15) is 0 Å². The van der Waals surface area contributed by atoms with Crippen LogP contribution in [-0.4, -0.2) is 97.9 Å². The molecule has 0 spiro atoms. The molecule has 0 aromatic heterocycles. The maximum absolute atomic E-state index is 13.8. The van der Waals surface area contributed by atoms with Crippen molar-refractivity contribution in [2.75, 3.05) is 40.4 Å². The van der Waals surface area contributed by atoms with E-state index in [-0.39, 0.29) is 42.7 Å². The van der Waals surface area contributed by atoms with Gasteiger partial charge in [0.05, 0.1) is 31.7 Å². The molecule has 50 heavy (non-hydrogen) atoms. The Morgan fingerprint density at radius 2 is 1.72 bits per heavy atom. The highest BCUT2D eigenvalue weighted by atomic mass is 16.5. The van der Waals surface area contributed by atoms with E-state index < -0.39 is 35.8 Å². The monoisotopic (exact) mass is 683 g/mol. The molecule has 0 unspecified atom stereocenters. The first-order valence-electron chi connectivity index (χ1n) is 17.0. The minimum atomic E-state index is -1.21. The maximum atomic E-state index is 13.8. The van der Waals surface area contributed by atoms with E-state index in [9.17, 15) is 24.0 Å². The molecular weight excluding hydrogens is 638 g/mol. The summed E-state index contributed by atoms with van der Waals surface area (Å²) in [5.41, 5.74) is 2.20. The van der Waals surface area contributed by atoms with Crippen molar-refractivity contribution in [1.82, 2.24) is 25.8 Å². The standard InChI is InChI=1S/C38H45N5O7/c1-42-24-34(44)40-28(21-26-11-4-3-5-12-26)25-50-33-18-7-6-16-30(33)36(46)41-31(23-35(45)43-20-10-17-32(43)38(42)48)37(47)39-19-9-14-27-13-8-15-29(22-27)49-2/h3-8,11-13,15-16,18,22,28,31-32H,9-10,14,17,19-21,23-25H2,1-2H3,(H,39,47)(H,40,44)(H,41,46)/t28-,31+,32-/m1/s1. The fourth-order valence-electron chi connectivity index (χ4n) is 6.36. The summed E-state index contributed by atoms with van der Waals surface area (Å²) in [5.74, 6) is -1.26. The lowest BCUT2D eigenvalue weighted by atomic mass is 10.1. The molecule has 1 saturated heterocycles. The summed E-state index contributed by atoms with van der Waals surface area (Å²) < 4.78 is 11.4. The third kappa shape index (κ3) is 9.61. The topological polar surface area (TPSA) is 146 Å². The van der Waals surface area contributed by atoms with Crippen LogP contribution < -0.4 is 25.4 Å². The highest BCUT2D eigenvalue weighted by Gasteiger charge is 2.38. The lowest BCUT2D eigenvalue weighted by Crippen LogP contribution is -2.53. The van der Waals surface area contributed by atoms with E-state index in [4.69, 9.17) is 9.47 Å². The van der Waals surface area contributed by atoms with Crippen molar-refractivity contribution >= 4 is 29.5 Å². The highest BCUT2D eigenvalue weighted by molar-refractivity contribution is 6.01. The molecule has 3 aromatic rings. The Kier molecular flexibility index (Phi) is 12.4. The summed E-state index contributed by atoms with van der Waals surface area (Å²) in [6.45, 7) is 0.471. The molecule has 3 atom stereocenters. The summed E-state index contributed by atoms with van der Waals surface area (Å²) in [5, 5.41) is 8.63. The Labute approximate surface area is 292 Å². The number of nitrogens with zero attached hydrogens (tertiary/aromatic N) is 2. The molecule has 2 aliphatic rings. The van der Waals surface area contributed by atoms with E-state index in [1.54, 1.807) is 31.4 Å². The van der Waals surface area contributed by atoms with Crippen molar-refractivity contribution in [3.63, 3.8) is 0 Å². The minimum Gasteiger partial charge on any atom is -0.497 e. The molecule has 1 fully saturated rings. The molecule has 5 rings (SSSR count). The van der Waals surface area contributed by atoms with Crippen LogP contribution in [-0.2, 0) is 32.0 Å². The van der Waals surface area contributed by atoms with Gasteiger partial charge in [-0.1, -0.05) is 54.6 Å². The number of nitrogens with one attached hydrogen (secondary N) is 3. The molecule has 12 heteroatoms. The molecule has 2 aliphatic heterocycles. The van der Waals surface area contributed by atoms with Crippen molar-refractivity contribution in [3.05, 3.63) is 95.6 Å². The van der Waals surface area contributed by atoms with Gasteiger partial charge in [0.25, 0.3) is 5.91 Å². The Morgan fingerprint density at radius 1 is 0.960 bits per heavy atom. The van der Waals surface area contributed by atoms with E-state index in [1.807, 2.05) is 54.6 Å². The number of rotatable bonds is 8. The second-order valence-electron chi connectivity index (χ2n) is 12.7. The van der Waals surface area contributed by atoms with Crippen molar-refractivity contribution in [2.45, 2.75) is 56.7 Å². The smallest absolute Gasteiger partial charge is 0.255 e. The Morgan fingerprint density at radius 3 is 2.52 bits per heavy atom. The van der Waals surface area contributed by atoms with Gasteiger partial charge in [-0.25, -0.2) is 0 Å². The Bertz CT molecular complexity index is 1670. The average molecular weight is 684 g/mol. The van der Waals surface area contributed by atoms with Crippen LogP contribution in [0.5, 0.6) is 11.5 Å². The fourth-order valence-corrected chi connectivity index (χ4v) is 6.36. The highest BCUT2D eigenvalue weighted by Crippen LogP contribution is 2.23. The van der Waals surface area contributed by atoms with Crippen molar-refractivity contribution in [3.8, 4) is 11.5 Å². The number of ether oxygens (including phenoxy) is 2. The summed E-state index contributed by atoms with van der Waals surface area (Å²) in [7, 11) is 3.15. The number of hydrogen-bond acceptors (Lipinski definition) is 7. The van der Waals surface area contributed by atoms with E-state index >= 15 is 0 Å². The normalized spacial score (nSPS) is 20.5. The first kappa shape index (κ1) is 35.9. The largest absolute Gasteiger partial charge is 0.497 e. The lowest BCUT2D eigenvalue weighted by molar-refractivity contribution is -0.145. The first-order valence-corrected chi connectivity index (χ1v) is 17.0. The number of fused-ring (bicyclic) bond motifs is 2. The van der Waals surface area contributed by atoms with Crippen molar-refractivity contribution in [1.29, 1.82) is 0 Å². The summed E-state index contributed by atoms with van der Waals surface area (Å²) in [6.07, 6.45) is 2.44. The predicted molar refractivity (Wildman–Crippen MR) is 187 cm³/mol. The number of benzene rings is 3. The Balaban J connectivity index is 1.37. The number of carbonyl (C=O) groups excluding carboxylic acids is 5. The van der Waals surface area contributed by atoms with Crippen LogP contribution in [0, 0.1) is 0 Å². The summed E-state index contributed by atoms with van der Waals surface area (Å²) in [6, 6.07) is 21.5. The van der Waals surface area contributed by atoms with Crippen LogP contribution in [0.2, 0.25) is 0 Å². The van der Waals surface area contributed by atoms with Gasteiger partial charge in [0.1, 0.15) is 30.2 Å². The molecule has 0 saturated carbocycles. The van der Waals surface area contributed by atoms with Crippen molar-refractivity contribution < 1.29 is 33.4 Å². The molecule has 5 amide bonds. The van der Waals surface area contributed by atoms with Gasteiger partial charge in [0, 0.05) is 20.1 Å². The zero-order valence-corrected chi connectivity index (χ0v) is 28.6. The third-order valence-corrected chi connectivity index (χ3v) is 8.95. The molecule has 2 heterocycles. The lowest BCUT2D eigenvalue weighted by Gasteiger charge is -2.29. The zero-order chi connectivity index (χ0) is 35.5. The van der Waals surface area contributed by atoms with Gasteiger partial charge in [-0.15, -0.1) is 0 Å². The quantitative estimate of drug-likeness (QED) is 0.310. The zero-order valence-electron chi connectivity index (χ0n) is 28.6. The van der Waals surface area contributed by atoms with Gasteiger partial charge in [0.2, 0.25) is 23.6 Å². The van der Waals surface area contributed by atoms with Crippen LogP contribution in [0.15, 0.2) is 78.9 Å². The van der Waals surface area contributed by atoms with Gasteiger partial charge in [-0.3, -0.25) is 24.0 Å². The number of methoxy groups -OCH3 is 1. The molecule has 0 bridgehead atoms. The Hall–Kier alpha value is -5.39. The van der Waals surface area contributed by atoms with Crippen molar-refractivity contribution in [2.24, 2.45) is 0 Å². The van der Waals surface area contributed by atoms with Crippen LogP contribution in [0.1, 0.15) is 47.2 Å². The van der Waals surface area contributed by atoms with E-state index in [2.05, 4.69) is 16.0 Å². The van der Waals surface area contributed by atoms with Gasteiger partial charge < -0.3 is 35.2 Å². The van der Waals surface area contributed by atoms with E-state index in [0.29, 0.717) is 45.2 Å². The second kappa shape index (κ2) is 17.3. The van der Waals surface area contributed by atoms with Crippen LogP contribution in [0.25, 0.3) is 0 Å². The molecule has 12 nitrogen and oxygen atoms in total. The SMILES string of the molecule is COc1cccc(CCCNC(=O)[C@@H]2CC(=O)N3CCC[C@@H]3C(=O)N(C)CC(=O)N[C@H](Cc3ccccc3)COc3ccccc3C(=O)N2)c1. The van der Waals surface area contributed by atoms with E-state index in [1.165, 1.54) is 16.8 Å². The van der Waals surface area contributed by atoms with Crippen LogP contribution >= 0.6 is 0 Å². The molecule has 264 valence electrons.